The fourth-order valence-electron chi connectivity index (χ4n) is 2.18. The van der Waals surface area contributed by atoms with E-state index in [0.717, 1.165) is 33.7 Å². The molecule has 1 aromatic heterocycles. The smallest absolute Gasteiger partial charge is 0.142 e. The summed E-state index contributed by atoms with van der Waals surface area (Å²) in [4.78, 5) is 7.86. The number of H-pyrrole nitrogens is 1. The standard InChI is InChI=1S/C15H14ClN3O/c1-20-14-5-3-10(16)7-11(14)15-18-12-4-2-9(8-17)6-13(12)19-15/h2-7H,8,17H2,1H3,(H,18,19). The Bertz CT molecular complexity index is 767. The van der Waals surface area contributed by atoms with Gasteiger partial charge in [0.05, 0.1) is 23.7 Å². The number of nitrogens with zero attached hydrogens (tertiary/aromatic N) is 1. The van der Waals surface area contributed by atoms with Crippen LogP contribution in [0.1, 0.15) is 5.56 Å². The molecule has 0 bridgehead atoms. The summed E-state index contributed by atoms with van der Waals surface area (Å²) < 4.78 is 5.36. The number of halogens is 1. The van der Waals surface area contributed by atoms with Crippen molar-refractivity contribution in [2.45, 2.75) is 6.54 Å². The molecule has 0 fully saturated rings. The number of fused-ring (bicyclic) bond motifs is 1. The summed E-state index contributed by atoms with van der Waals surface area (Å²) >= 11 is 6.06. The highest BCUT2D eigenvalue weighted by molar-refractivity contribution is 6.30. The average molecular weight is 288 g/mol. The van der Waals surface area contributed by atoms with Gasteiger partial charge in [-0.2, -0.15) is 0 Å². The van der Waals surface area contributed by atoms with Crippen LogP contribution in [0.3, 0.4) is 0 Å². The second-order valence-corrected chi connectivity index (χ2v) is 4.92. The molecule has 0 unspecified atom stereocenters. The summed E-state index contributed by atoms with van der Waals surface area (Å²) in [6, 6.07) is 11.4. The lowest BCUT2D eigenvalue weighted by atomic mass is 10.2. The van der Waals surface area contributed by atoms with E-state index in [4.69, 9.17) is 22.1 Å². The van der Waals surface area contributed by atoms with Crippen LogP contribution in [0.5, 0.6) is 5.75 Å². The molecule has 5 heteroatoms. The zero-order chi connectivity index (χ0) is 14.1. The maximum atomic E-state index is 6.06. The highest BCUT2D eigenvalue weighted by Gasteiger charge is 2.11. The van der Waals surface area contributed by atoms with Crippen molar-refractivity contribution in [3.05, 3.63) is 47.0 Å². The van der Waals surface area contributed by atoms with Crippen molar-refractivity contribution >= 4 is 22.6 Å². The van der Waals surface area contributed by atoms with Crippen LogP contribution < -0.4 is 10.5 Å². The Morgan fingerprint density at radius 1 is 1.25 bits per heavy atom. The van der Waals surface area contributed by atoms with E-state index in [1.807, 2.05) is 30.3 Å². The van der Waals surface area contributed by atoms with E-state index in [2.05, 4.69) is 9.97 Å². The molecule has 4 nitrogen and oxygen atoms in total. The van der Waals surface area contributed by atoms with Crippen LogP contribution in [0.25, 0.3) is 22.4 Å². The lowest BCUT2D eigenvalue weighted by Gasteiger charge is -2.06. The van der Waals surface area contributed by atoms with Crippen LogP contribution in [0.4, 0.5) is 0 Å². The van der Waals surface area contributed by atoms with Crippen molar-refractivity contribution in [1.82, 2.24) is 9.97 Å². The number of imidazole rings is 1. The van der Waals surface area contributed by atoms with Gasteiger partial charge in [0.15, 0.2) is 0 Å². The minimum Gasteiger partial charge on any atom is -0.496 e. The number of aromatic amines is 1. The van der Waals surface area contributed by atoms with E-state index in [9.17, 15) is 0 Å². The molecule has 0 radical (unpaired) electrons. The summed E-state index contributed by atoms with van der Waals surface area (Å²) in [6.07, 6.45) is 0. The molecule has 3 aromatic rings. The fourth-order valence-corrected chi connectivity index (χ4v) is 2.35. The second kappa shape index (κ2) is 5.15. The largest absolute Gasteiger partial charge is 0.496 e. The number of aromatic nitrogens is 2. The van der Waals surface area contributed by atoms with E-state index in [1.165, 1.54) is 0 Å². The van der Waals surface area contributed by atoms with Gasteiger partial charge in [-0.1, -0.05) is 17.7 Å². The first kappa shape index (κ1) is 13.0. The molecule has 2 aromatic carbocycles. The van der Waals surface area contributed by atoms with Gasteiger partial charge < -0.3 is 15.5 Å². The summed E-state index contributed by atoms with van der Waals surface area (Å²) in [6.45, 7) is 0.505. The summed E-state index contributed by atoms with van der Waals surface area (Å²) in [7, 11) is 1.63. The predicted octanol–water partition coefficient (Wildman–Crippen LogP) is 3.35. The highest BCUT2D eigenvalue weighted by Crippen LogP contribution is 2.32. The Kier molecular flexibility index (Phi) is 3.34. The van der Waals surface area contributed by atoms with Crippen LogP contribution >= 0.6 is 11.6 Å². The number of nitrogens with two attached hydrogens (primary N) is 1. The van der Waals surface area contributed by atoms with Gasteiger partial charge in [-0.15, -0.1) is 0 Å². The Labute approximate surface area is 121 Å². The number of ether oxygens (including phenoxy) is 1. The van der Waals surface area contributed by atoms with E-state index < -0.39 is 0 Å². The molecule has 3 rings (SSSR count). The first-order valence-electron chi connectivity index (χ1n) is 6.24. The van der Waals surface area contributed by atoms with E-state index >= 15 is 0 Å². The van der Waals surface area contributed by atoms with Crippen LogP contribution in [0, 0.1) is 0 Å². The number of hydrogen-bond donors (Lipinski definition) is 2. The van der Waals surface area contributed by atoms with Gasteiger partial charge in [-0.3, -0.25) is 0 Å². The molecule has 0 saturated carbocycles. The topological polar surface area (TPSA) is 63.9 Å². The highest BCUT2D eigenvalue weighted by atomic mass is 35.5. The van der Waals surface area contributed by atoms with Gasteiger partial charge in [0, 0.05) is 11.6 Å². The maximum absolute atomic E-state index is 6.06. The first-order valence-corrected chi connectivity index (χ1v) is 6.61. The number of hydrogen-bond acceptors (Lipinski definition) is 3. The molecule has 0 amide bonds. The zero-order valence-corrected chi connectivity index (χ0v) is 11.7. The van der Waals surface area contributed by atoms with Crippen LogP contribution in [0.15, 0.2) is 36.4 Å². The van der Waals surface area contributed by atoms with Gasteiger partial charge in [-0.25, -0.2) is 4.98 Å². The number of rotatable bonds is 3. The monoisotopic (exact) mass is 287 g/mol. The lowest BCUT2D eigenvalue weighted by Crippen LogP contribution is -1.95. The second-order valence-electron chi connectivity index (χ2n) is 4.49. The molecular weight excluding hydrogens is 274 g/mol. The lowest BCUT2D eigenvalue weighted by molar-refractivity contribution is 0.416. The van der Waals surface area contributed by atoms with Crippen molar-refractivity contribution < 1.29 is 4.74 Å². The molecule has 0 aliphatic rings. The predicted molar refractivity (Wildman–Crippen MR) is 81.0 cm³/mol. The molecule has 0 spiro atoms. The van der Waals surface area contributed by atoms with Gasteiger partial charge in [0.2, 0.25) is 0 Å². The van der Waals surface area contributed by atoms with Crippen molar-refractivity contribution in [3.8, 4) is 17.1 Å². The summed E-state index contributed by atoms with van der Waals surface area (Å²) in [5.41, 5.74) is 9.39. The number of benzene rings is 2. The minimum atomic E-state index is 0.505. The molecule has 3 N–H and O–H groups in total. The third-order valence-corrected chi connectivity index (χ3v) is 3.43. The van der Waals surface area contributed by atoms with Gasteiger partial charge in [-0.05, 0) is 35.9 Å². The molecule has 102 valence electrons. The Morgan fingerprint density at radius 3 is 2.85 bits per heavy atom. The third kappa shape index (κ3) is 2.24. The molecule has 20 heavy (non-hydrogen) atoms. The maximum Gasteiger partial charge on any atom is 0.142 e. The van der Waals surface area contributed by atoms with Gasteiger partial charge in [0.1, 0.15) is 11.6 Å². The average Bonchev–Trinajstić information content (AvgIpc) is 2.89. The number of nitrogens with one attached hydrogen (secondary N) is 1. The Balaban J connectivity index is 2.17. The van der Waals surface area contributed by atoms with E-state index in [-0.39, 0.29) is 0 Å². The van der Waals surface area contributed by atoms with Crippen LogP contribution in [-0.2, 0) is 6.54 Å². The number of methoxy groups -OCH3 is 1. The van der Waals surface area contributed by atoms with Gasteiger partial charge in [0.25, 0.3) is 0 Å². The van der Waals surface area contributed by atoms with E-state index in [0.29, 0.717) is 11.6 Å². The summed E-state index contributed by atoms with van der Waals surface area (Å²) in [5.74, 6) is 1.46. The quantitative estimate of drug-likeness (QED) is 0.776. The van der Waals surface area contributed by atoms with Gasteiger partial charge >= 0.3 is 0 Å². The van der Waals surface area contributed by atoms with Crippen molar-refractivity contribution in [2.24, 2.45) is 5.73 Å². The molecule has 0 aliphatic heterocycles. The van der Waals surface area contributed by atoms with Crippen LogP contribution in [-0.4, -0.2) is 17.1 Å². The minimum absolute atomic E-state index is 0.505. The molecule has 0 aliphatic carbocycles. The third-order valence-electron chi connectivity index (χ3n) is 3.20. The zero-order valence-electron chi connectivity index (χ0n) is 11.0. The first-order chi connectivity index (χ1) is 9.71. The summed E-state index contributed by atoms with van der Waals surface area (Å²) in [5, 5.41) is 0.643. The SMILES string of the molecule is COc1ccc(Cl)cc1-c1nc2ccc(CN)cc2[nH]1. The molecule has 0 saturated heterocycles. The fraction of sp³-hybridized carbons (Fsp3) is 0.133. The molecular formula is C15H14ClN3O. The van der Waals surface area contributed by atoms with Crippen molar-refractivity contribution in [3.63, 3.8) is 0 Å². The normalized spacial score (nSPS) is 10.9. The van der Waals surface area contributed by atoms with Crippen molar-refractivity contribution in [2.75, 3.05) is 7.11 Å². The molecule has 1 heterocycles. The molecule has 0 atom stereocenters. The van der Waals surface area contributed by atoms with Crippen LogP contribution in [0.2, 0.25) is 5.02 Å². The Hall–Kier alpha value is -2.04. The van der Waals surface area contributed by atoms with Crippen molar-refractivity contribution in [1.29, 1.82) is 0 Å². The Morgan fingerprint density at radius 2 is 2.10 bits per heavy atom. The van der Waals surface area contributed by atoms with E-state index in [1.54, 1.807) is 13.2 Å².